The summed E-state index contributed by atoms with van der Waals surface area (Å²) < 4.78 is 28.7. The van der Waals surface area contributed by atoms with Crippen molar-refractivity contribution in [2.75, 3.05) is 27.4 Å². The molecule has 5 N–H and O–H groups in total. The van der Waals surface area contributed by atoms with Gasteiger partial charge in [0.1, 0.15) is 24.4 Å². The summed E-state index contributed by atoms with van der Waals surface area (Å²) in [5.41, 5.74) is 2.54. The molecule has 4 rings (SSSR count). The maximum absolute atomic E-state index is 10.3. The number of hydrogen-bond acceptors (Lipinski definition) is 10. The zero-order valence-corrected chi connectivity index (χ0v) is 20.5. The van der Waals surface area contributed by atoms with E-state index < -0.39 is 36.8 Å². The molecule has 7 atom stereocenters. The van der Waals surface area contributed by atoms with Crippen molar-refractivity contribution in [3.63, 3.8) is 0 Å². The van der Waals surface area contributed by atoms with Crippen LogP contribution in [0.25, 0.3) is 0 Å². The lowest BCUT2D eigenvalue weighted by Gasteiger charge is -2.39. The highest BCUT2D eigenvalue weighted by molar-refractivity contribution is 5.56. The van der Waals surface area contributed by atoms with Crippen LogP contribution in [0, 0.1) is 0 Å². The molecule has 0 saturated carbocycles. The fourth-order valence-electron chi connectivity index (χ4n) is 4.72. The van der Waals surface area contributed by atoms with Crippen LogP contribution in [0.3, 0.4) is 0 Å². The highest BCUT2D eigenvalue weighted by Crippen LogP contribution is 2.51. The molecule has 2 aromatic carbocycles. The average Bonchev–Trinajstić information content (AvgIpc) is 3.27. The van der Waals surface area contributed by atoms with Crippen molar-refractivity contribution >= 4 is 0 Å². The molecular weight excluding hydrogens is 472 g/mol. The van der Waals surface area contributed by atoms with Crippen LogP contribution in [0.5, 0.6) is 23.0 Å². The number of fused-ring (bicyclic) bond motifs is 1. The van der Waals surface area contributed by atoms with Crippen LogP contribution < -0.4 is 18.9 Å². The van der Waals surface area contributed by atoms with Gasteiger partial charge in [0, 0.05) is 12.2 Å². The summed E-state index contributed by atoms with van der Waals surface area (Å²) in [6.45, 7) is 1.49. The summed E-state index contributed by atoms with van der Waals surface area (Å²) in [7, 11) is 3.03. The van der Waals surface area contributed by atoms with Gasteiger partial charge in [0.2, 0.25) is 6.29 Å². The lowest BCUT2D eigenvalue weighted by Crippen LogP contribution is -2.58. The molecule has 0 aliphatic carbocycles. The second-order valence-electron chi connectivity index (χ2n) is 9.08. The molecule has 2 heterocycles. The van der Waals surface area contributed by atoms with Gasteiger partial charge in [-0.15, -0.1) is 0 Å². The van der Waals surface area contributed by atoms with E-state index >= 15 is 0 Å². The van der Waals surface area contributed by atoms with Crippen molar-refractivity contribution in [3.05, 3.63) is 47.0 Å². The monoisotopic (exact) mass is 506 g/mol. The molecule has 1 saturated heterocycles. The first-order chi connectivity index (χ1) is 17.3. The van der Waals surface area contributed by atoms with Crippen molar-refractivity contribution < 1.29 is 49.2 Å². The van der Waals surface area contributed by atoms with Gasteiger partial charge >= 0.3 is 0 Å². The number of methoxy groups -OCH3 is 2. The molecule has 36 heavy (non-hydrogen) atoms. The topological polar surface area (TPSA) is 147 Å². The SMILES string of the molecule is COc1cc([C@@H]2Oc3c(OC)cc(CCCO)cc3[C@H]2CO)ccc1O[C@@H]1O[C@H](C)[C@@H](O)[C@H](O)[C@@H]1O. The third-order valence-electron chi connectivity index (χ3n) is 6.76. The Labute approximate surface area is 209 Å². The number of ether oxygens (including phenoxy) is 5. The molecule has 10 heteroatoms. The van der Waals surface area contributed by atoms with Crippen LogP contribution in [0.15, 0.2) is 30.3 Å². The van der Waals surface area contributed by atoms with Crippen LogP contribution in [-0.2, 0) is 11.2 Å². The number of benzene rings is 2. The number of aliphatic hydroxyl groups excluding tert-OH is 5. The molecule has 2 aromatic rings. The Hall–Kier alpha value is -2.60. The molecule has 2 aliphatic rings. The maximum Gasteiger partial charge on any atom is 0.229 e. The first-order valence-corrected chi connectivity index (χ1v) is 12.0. The Morgan fingerprint density at radius 2 is 1.64 bits per heavy atom. The molecule has 0 spiro atoms. The first-order valence-electron chi connectivity index (χ1n) is 12.0. The van der Waals surface area contributed by atoms with Crippen LogP contribution >= 0.6 is 0 Å². The summed E-state index contributed by atoms with van der Waals surface area (Å²) in [4.78, 5) is 0. The fourth-order valence-corrected chi connectivity index (χ4v) is 4.72. The van der Waals surface area contributed by atoms with Gasteiger partial charge in [-0.25, -0.2) is 0 Å². The van der Waals surface area contributed by atoms with Crippen molar-refractivity contribution in [1.29, 1.82) is 0 Å². The van der Waals surface area contributed by atoms with Gasteiger partial charge in [0.05, 0.1) is 32.8 Å². The second-order valence-corrected chi connectivity index (χ2v) is 9.08. The van der Waals surface area contributed by atoms with Crippen LogP contribution in [0.2, 0.25) is 0 Å². The van der Waals surface area contributed by atoms with Crippen molar-refractivity contribution in [3.8, 4) is 23.0 Å². The number of aliphatic hydroxyl groups is 5. The van der Waals surface area contributed by atoms with E-state index in [4.69, 9.17) is 23.7 Å². The molecular formula is C26H34O10. The number of hydrogen-bond donors (Lipinski definition) is 5. The minimum atomic E-state index is -1.46. The van der Waals surface area contributed by atoms with Crippen LogP contribution in [0.1, 0.15) is 42.1 Å². The minimum Gasteiger partial charge on any atom is -0.493 e. The van der Waals surface area contributed by atoms with Gasteiger partial charge in [0.25, 0.3) is 0 Å². The molecule has 0 unspecified atom stereocenters. The smallest absolute Gasteiger partial charge is 0.229 e. The molecule has 0 amide bonds. The predicted octanol–water partition coefficient (Wildman–Crippen LogP) is 1.04. The highest BCUT2D eigenvalue weighted by atomic mass is 16.7. The first kappa shape index (κ1) is 26.5. The molecule has 2 aliphatic heterocycles. The molecule has 10 nitrogen and oxygen atoms in total. The molecule has 198 valence electrons. The standard InChI is InChI=1S/C26H34O10/c1-13-21(29)22(30)23(31)26(34-13)35-18-7-6-15(11-19(18)32-2)24-17(12-28)16-9-14(5-4-8-27)10-20(33-3)25(16)36-24/h6-7,9-11,13,17,21-24,26-31H,4-5,8,12H2,1-3H3/t13-,17-,21-,22+,23+,24+,26+/m1/s1. The zero-order valence-electron chi connectivity index (χ0n) is 20.5. The quantitative estimate of drug-likeness (QED) is 0.334. The van der Waals surface area contributed by atoms with E-state index in [9.17, 15) is 25.5 Å². The van der Waals surface area contributed by atoms with Gasteiger partial charge < -0.3 is 49.2 Å². The molecule has 0 radical (unpaired) electrons. The van der Waals surface area contributed by atoms with E-state index in [0.717, 1.165) is 16.7 Å². The van der Waals surface area contributed by atoms with Crippen molar-refractivity contribution in [2.45, 2.75) is 62.5 Å². The molecule has 0 bridgehead atoms. The molecule has 1 fully saturated rings. The van der Waals surface area contributed by atoms with E-state index in [0.29, 0.717) is 30.1 Å². The Balaban J connectivity index is 1.60. The summed E-state index contributed by atoms with van der Waals surface area (Å²) in [6.07, 6.45) is -5.31. The third kappa shape index (κ3) is 4.97. The summed E-state index contributed by atoms with van der Waals surface area (Å²) in [5, 5.41) is 49.8. The summed E-state index contributed by atoms with van der Waals surface area (Å²) in [6, 6.07) is 8.98. The van der Waals surface area contributed by atoms with Crippen molar-refractivity contribution in [2.24, 2.45) is 0 Å². The normalized spacial score (nSPS) is 29.4. The lowest BCUT2D eigenvalue weighted by atomic mass is 9.90. The maximum atomic E-state index is 10.3. The minimum absolute atomic E-state index is 0.0809. The van der Waals surface area contributed by atoms with Crippen LogP contribution in [-0.4, -0.2) is 83.7 Å². The third-order valence-corrected chi connectivity index (χ3v) is 6.76. The average molecular weight is 507 g/mol. The van der Waals surface area contributed by atoms with E-state index in [2.05, 4.69) is 0 Å². The fraction of sp³-hybridized carbons (Fsp3) is 0.538. The van der Waals surface area contributed by atoms with Gasteiger partial charge in [0.15, 0.2) is 23.0 Å². The Kier molecular flexibility index (Phi) is 8.23. The molecule has 0 aromatic heterocycles. The Morgan fingerprint density at radius 1 is 0.889 bits per heavy atom. The zero-order chi connectivity index (χ0) is 26.0. The Bertz CT molecular complexity index is 1040. The van der Waals surface area contributed by atoms with Gasteiger partial charge in [-0.05, 0) is 49.1 Å². The summed E-state index contributed by atoms with van der Waals surface area (Å²) >= 11 is 0. The van der Waals surface area contributed by atoms with E-state index in [1.165, 1.54) is 7.11 Å². The van der Waals surface area contributed by atoms with Crippen molar-refractivity contribution in [1.82, 2.24) is 0 Å². The number of aryl methyl sites for hydroxylation is 1. The van der Waals surface area contributed by atoms with Crippen LogP contribution in [0.4, 0.5) is 0 Å². The number of rotatable bonds is 9. The van der Waals surface area contributed by atoms with E-state index in [1.807, 2.05) is 12.1 Å². The van der Waals surface area contributed by atoms with E-state index in [-0.39, 0.29) is 24.9 Å². The highest BCUT2D eigenvalue weighted by Gasteiger charge is 2.43. The largest absolute Gasteiger partial charge is 0.493 e. The predicted molar refractivity (Wildman–Crippen MR) is 128 cm³/mol. The van der Waals surface area contributed by atoms with Gasteiger partial charge in [-0.1, -0.05) is 12.1 Å². The van der Waals surface area contributed by atoms with E-state index in [1.54, 1.807) is 32.2 Å². The van der Waals surface area contributed by atoms with Gasteiger partial charge in [-0.3, -0.25) is 0 Å². The summed E-state index contributed by atoms with van der Waals surface area (Å²) in [5.74, 6) is 1.37. The van der Waals surface area contributed by atoms with Gasteiger partial charge in [-0.2, -0.15) is 0 Å². The Morgan fingerprint density at radius 3 is 2.31 bits per heavy atom. The lowest BCUT2D eigenvalue weighted by molar-refractivity contribution is -0.268. The second kappa shape index (κ2) is 11.2.